The van der Waals surface area contributed by atoms with E-state index in [1.54, 1.807) is 0 Å². The molecule has 1 aliphatic carbocycles. The Kier molecular flexibility index (Phi) is 4.19. The SMILES string of the molecule is O=C(NCCC(O)C1CC1)c1c(F)cccc1Cl. The summed E-state index contributed by atoms with van der Waals surface area (Å²) in [4.78, 5) is 11.7. The zero-order valence-electron chi connectivity index (χ0n) is 9.83. The summed E-state index contributed by atoms with van der Waals surface area (Å²) >= 11 is 5.78. The third kappa shape index (κ3) is 3.21. The van der Waals surface area contributed by atoms with Gasteiger partial charge in [0, 0.05) is 6.54 Å². The fourth-order valence-corrected chi connectivity index (χ4v) is 2.10. The molecule has 0 heterocycles. The van der Waals surface area contributed by atoms with E-state index in [-0.39, 0.29) is 16.7 Å². The van der Waals surface area contributed by atoms with Crippen LogP contribution in [-0.2, 0) is 0 Å². The van der Waals surface area contributed by atoms with Gasteiger partial charge in [-0.3, -0.25) is 4.79 Å². The second kappa shape index (κ2) is 5.67. The van der Waals surface area contributed by atoms with Gasteiger partial charge in [-0.1, -0.05) is 17.7 Å². The van der Waals surface area contributed by atoms with Gasteiger partial charge in [-0.25, -0.2) is 4.39 Å². The number of carbonyl (C=O) groups is 1. The molecule has 0 bridgehead atoms. The highest BCUT2D eigenvalue weighted by atomic mass is 35.5. The first-order valence-corrected chi connectivity index (χ1v) is 6.37. The number of carbonyl (C=O) groups excluding carboxylic acids is 1. The topological polar surface area (TPSA) is 49.3 Å². The quantitative estimate of drug-likeness (QED) is 0.864. The van der Waals surface area contributed by atoms with Crippen LogP contribution < -0.4 is 5.32 Å². The fraction of sp³-hybridized carbons (Fsp3) is 0.462. The molecule has 1 atom stereocenters. The average molecular weight is 272 g/mol. The molecule has 2 N–H and O–H groups in total. The zero-order valence-corrected chi connectivity index (χ0v) is 10.6. The maximum Gasteiger partial charge on any atom is 0.255 e. The lowest BCUT2D eigenvalue weighted by Crippen LogP contribution is -2.28. The molecular weight excluding hydrogens is 257 g/mol. The van der Waals surface area contributed by atoms with E-state index < -0.39 is 11.7 Å². The highest BCUT2D eigenvalue weighted by Crippen LogP contribution is 2.33. The summed E-state index contributed by atoms with van der Waals surface area (Å²) in [5, 5.41) is 12.3. The normalized spacial score (nSPS) is 16.4. The van der Waals surface area contributed by atoms with E-state index in [1.807, 2.05) is 0 Å². The number of nitrogens with one attached hydrogen (secondary N) is 1. The van der Waals surface area contributed by atoms with Gasteiger partial charge in [-0.05, 0) is 37.3 Å². The Labute approximate surface area is 110 Å². The molecule has 2 rings (SSSR count). The molecule has 1 aromatic rings. The van der Waals surface area contributed by atoms with Crippen molar-refractivity contribution in [3.8, 4) is 0 Å². The minimum absolute atomic E-state index is 0.0928. The number of hydrogen-bond donors (Lipinski definition) is 2. The minimum atomic E-state index is -0.636. The molecule has 0 radical (unpaired) electrons. The van der Waals surface area contributed by atoms with Crippen molar-refractivity contribution in [1.82, 2.24) is 5.32 Å². The molecule has 0 aromatic heterocycles. The van der Waals surface area contributed by atoms with Gasteiger partial charge in [0.25, 0.3) is 5.91 Å². The van der Waals surface area contributed by atoms with Crippen molar-refractivity contribution in [2.24, 2.45) is 5.92 Å². The summed E-state index contributed by atoms with van der Waals surface area (Å²) in [7, 11) is 0. The lowest BCUT2D eigenvalue weighted by molar-refractivity contribution is 0.0933. The lowest BCUT2D eigenvalue weighted by atomic mass is 10.1. The number of aliphatic hydroxyl groups excluding tert-OH is 1. The van der Waals surface area contributed by atoms with Gasteiger partial charge >= 0.3 is 0 Å². The Morgan fingerprint density at radius 3 is 2.89 bits per heavy atom. The van der Waals surface area contributed by atoms with Gasteiger partial charge < -0.3 is 10.4 Å². The number of halogens is 2. The Hall–Kier alpha value is -1.13. The van der Waals surface area contributed by atoms with Crippen LogP contribution in [-0.4, -0.2) is 23.7 Å². The number of benzene rings is 1. The highest BCUT2D eigenvalue weighted by molar-refractivity contribution is 6.33. The molecule has 0 saturated heterocycles. The highest BCUT2D eigenvalue weighted by Gasteiger charge is 2.29. The van der Waals surface area contributed by atoms with Gasteiger partial charge in [0.2, 0.25) is 0 Å². The molecule has 1 saturated carbocycles. The summed E-state index contributed by atoms with van der Waals surface area (Å²) in [6.07, 6.45) is 2.21. The van der Waals surface area contributed by atoms with Crippen LogP contribution in [0.25, 0.3) is 0 Å². The largest absolute Gasteiger partial charge is 0.393 e. The van der Waals surface area contributed by atoms with Gasteiger partial charge in [0.05, 0.1) is 16.7 Å². The molecule has 3 nitrogen and oxygen atoms in total. The summed E-state index contributed by atoms with van der Waals surface area (Å²) in [5.74, 6) is -0.803. The molecular formula is C13H15ClFNO2. The Bertz CT molecular complexity index is 428. The zero-order chi connectivity index (χ0) is 13.1. The molecule has 18 heavy (non-hydrogen) atoms. The van der Waals surface area contributed by atoms with Crippen LogP contribution in [0.4, 0.5) is 4.39 Å². The molecule has 0 aliphatic heterocycles. The molecule has 5 heteroatoms. The molecule has 1 aliphatic rings. The summed E-state index contributed by atoms with van der Waals surface area (Å²) in [5.41, 5.74) is -0.139. The van der Waals surface area contributed by atoms with Crippen molar-refractivity contribution in [2.45, 2.75) is 25.4 Å². The predicted molar refractivity (Wildman–Crippen MR) is 67.1 cm³/mol. The maximum atomic E-state index is 13.4. The van der Waals surface area contributed by atoms with Crippen molar-refractivity contribution in [1.29, 1.82) is 0 Å². The molecule has 98 valence electrons. The fourth-order valence-electron chi connectivity index (χ4n) is 1.85. The first-order chi connectivity index (χ1) is 8.59. The van der Waals surface area contributed by atoms with Gasteiger partial charge in [0.15, 0.2) is 0 Å². The van der Waals surface area contributed by atoms with Gasteiger partial charge in [0.1, 0.15) is 5.82 Å². The third-order valence-corrected chi connectivity index (χ3v) is 3.40. The number of hydrogen-bond acceptors (Lipinski definition) is 2. The molecule has 1 aromatic carbocycles. The average Bonchev–Trinajstić information content (AvgIpc) is 3.12. The first kappa shape index (κ1) is 13.3. The first-order valence-electron chi connectivity index (χ1n) is 6.00. The summed E-state index contributed by atoms with van der Waals surface area (Å²) < 4.78 is 13.4. The standard InChI is InChI=1S/C13H15ClFNO2/c14-9-2-1-3-10(15)12(9)13(18)16-7-6-11(17)8-4-5-8/h1-3,8,11,17H,4-7H2,(H,16,18). The van der Waals surface area contributed by atoms with E-state index in [4.69, 9.17) is 11.6 Å². The minimum Gasteiger partial charge on any atom is -0.393 e. The van der Waals surface area contributed by atoms with Crippen molar-refractivity contribution in [2.75, 3.05) is 6.54 Å². The molecule has 1 fully saturated rings. The van der Waals surface area contributed by atoms with Crippen molar-refractivity contribution in [3.05, 3.63) is 34.6 Å². The van der Waals surface area contributed by atoms with Crippen molar-refractivity contribution >= 4 is 17.5 Å². The maximum absolute atomic E-state index is 13.4. The Morgan fingerprint density at radius 2 is 2.28 bits per heavy atom. The van der Waals surface area contributed by atoms with Crippen LogP contribution in [0.15, 0.2) is 18.2 Å². The van der Waals surface area contributed by atoms with E-state index in [0.29, 0.717) is 18.9 Å². The van der Waals surface area contributed by atoms with E-state index >= 15 is 0 Å². The number of aliphatic hydroxyl groups is 1. The van der Waals surface area contributed by atoms with E-state index in [1.165, 1.54) is 18.2 Å². The molecule has 1 unspecified atom stereocenters. The van der Waals surface area contributed by atoms with E-state index in [0.717, 1.165) is 12.8 Å². The number of rotatable bonds is 5. The molecule has 0 spiro atoms. The van der Waals surface area contributed by atoms with Crippen LogP contribution in [0.1, 0.15) is 29.6 Å². The van der Waals surface area contributed by atoms with Crippen LogP contribution in [0.5, 0.6) is 0 Å². The van der Waals surface area contributed by atoms with Crippen LogP contribution >= 0.6 is 11.6 Å². The smallest absolute Gasteiger partial charge is 0.255 e. The van der Waals surface area contributed by atoms with E-state index in [2.05, 4.69) is 5.32 Å². The third-order valence-electron chi connectivity index (χ3n) is 3.08. The van der Waals surface area contributed by atoms with E-state index in [9.17, 15) is 14.3 Å². The predicted octanol–water partition coefficient (Wildman–Crippen LogP) is 2.37. The Balaban J connectivity index is 1.87. The monoisotopic (exact) mass is 271 g/mol. The van der Waals surface area contributed by atoms with Gasteiger partial charge in [-0.2, -0.15) is 0 Å². The second-order valence-corrected chi connectivity index (χ2v) is 4.95. The summed E-state index contributed by atoms with van der Waals surface area (Å²) in [6, 6.07) is 4.11. The molecule has 1 amide bonds. The Morgan fingerprint density at radius 1 is 1.56 bits per heavy atom. The number of amides is 1. The lowest BCUT2D eigenvalue weighted by Gasteiger charge is -2.11. The van der Waals surface area contributed by atoms with Crippen molar-refractivity contribution < 1.29 is 14.3 Å². The second-order valence-electron chi connectivity index (χ2n) is 4.55. The van der Waals surface area contributed by atoms with Crippen LogP contribution in [0.3, 0.4) is 0 Å². The summed E-state index contributed by atoms with van der Waals surface area (Å²) in [6.45, 7) is 0.321. The van der Waals surface area contributed by atoms with Crippen LogP contribution in [0.2, 0.25) is 5.02 Å². The van der Waals surface area contributed by atoms with Crippen LogP contribution in [0, 0.1) is 11.7 Å². The van der Waals surface area contributed by atoms with Crippen molar-refractivity contribution in [3.63, 3.8) is 0 Å². The van der Waals surface area contributed by atoms with Gasteiger partial charge in [-0.15, -0.1) is 0 Å².